The fourth-order valence-electron chi connectivity index (χ4n) is 2.37. The summed E-state index contributed by atoms with van der Waals surface area (Å²) in [7, 11) is 0. The van der Waals surface area contributed by atoms with E-state index in [1.807, 2.05) is 0 Å². The van der Waals surface area contributed by atoms with Crippen molar-refractivity contribution < 1.29 is 14.5 Å². The van der Waals surface area contributed by atoms with Gasteiger partial charge in [0.05, 0.1) is 17.7 Å². The summed E-state index contributed by atoms with van der Waals surface area (Å²) in [4.78, 5) is 22.3. The Morgan fingerprint density at radius 1 is 1.18 bits per heavy atom. The number of anilines is 1. The average Bonchev–Trinajstić information content (AvgIpc) is 3.09. The number of hydrogen-bond donors (Lipinski definition) is 1. The molecule has 1 N–H and O–H groups in total. The van der Waals surface area contributed by atoms with Crippen LogP contribution in [0.3, 0.4) is 0 Å². The summed E-state index contributed by atoms with van der Waals surface area (Å²) < 4.78 is 6.92. The predicted octanol–water partition coefficient (Wildman–Crippen LogP) is 4.16. The van der Waals surface area contributed by atoms with Crippen LogP contribution < -0.4 is 10.1 Å². The number of nitrogens with one attached hydrogen (secondary N) is 1. The van der Waals surface area contributed by atoms with Crippen LogP contribution in [0.4, 0.5) is 11.5 Å². The van der Waals surface area contributed by atoms with Gasteiger partial charge in [-0.3, -0.25) is 14.9 Å². The first-order chi connectivity index (χ1) is 13.4. The number of halogens is 2. The highest BCUT2D eigenvalue weighted by Gasteiger charge is 2.11. The molecule has 144 valence electrons. The minimum atomic E-state index is -0.509. The first-order valence-electron chi connectivity index (χ1n) is 8.05. The lowest BCUT2D eigenvalue weighted by atomic mass is 10.2. The smallest absolute Gasteiger partial charge is 0.269 e. The zero-order chi connectivity index (χ0) is 20.1. The van der Waals surface area contributed by atoms with E-state index in [9.17, 15) is 14.9 Å². The van der Waals surface area contributed by atoms with Gasteiger partial charge in [-0.2, -0.15) is 5.10 Å². The van der Waals surface area contributed by atoms with Crippen LogP contribution in [-0.2, 0) is 11.3 Å². The number of benzene rings is 2. The third kappa shape index (κ3) is 4.99. The summed E-state index contributed by atoms with van der Waals surface area (Å²) in [5, 5.41) is 18.5. The van der Waals surface area contributed by atoms with Gasteiger partial charge >= 0.3 is 0 Å². The van der Waals surface area contributed by atoms with E-state index in [4.69, 9.17) is 27.9 Å². The Hall–Kier alpha value is -3.10. The molecule has 0 bridgehead atoms. The highest BCUT2D eigenvalue weighted by molar-refractivity contribution is 6.35. The third-order valence-corrected chi connectivity index (χ3v) is 4.32. The predicted molar refractivity (Wildman–Crippen MR) is 105 cm³/mol. The molecule has 1 amide bonds. The zero-order valence-corrected chi connectivity index (χ0v) is 15.9. The molecule has 0 aliphatic carbocycles. The van der Waals surface area contributed by atoms with E-state index >= 15 is 0 Å². The number of carbonyl (C=O) groups excluding carboxylic acids is 1. The second-order valence-electron chi connectivity index (χ2n) is 5.70. The van der Waals surface area contributed by atoms with Gasteiger partial charge < -0.3 is 10.1 Å². The molecule has 0 fully saturated rings. The van der Waals surface area contributed by atoms with E-state index in [-0.39, 0.29) is 12.3 Å². The maximum atomic E-state index is 12.1. The van der Waals surface area contributed by atoms with E-state index in [1.54, 1.807) is 35.1 Å². The molecule has 2 aromatic carbocycles. The van der Waals surface area contributed by atoms with Crippen molar-refractivity contribution >= 4 is 40.6 Å². The SMILES string of the molecule is O=C(COc1ccc([N+](=O)[O-])cc1)Nc1ccnn1Cc1ccc(Cl)cc1Cl. The van der Waals surface area contributed by atoms with Gasteiger partial charge in [-0.05, 0) is 29.8 Å². The number of nitro benzene ring substituents is 1. The number of hydrogen-bond acceptors (Lipinski definition) is 5. The van der Waals surface area contributed by atoms with Gasteiger partial charge in [-0.25, -0.2) is 4.68 Å². The van der Waals surface area contributed by atoms with Crippen molar-refractivity contribution in [2.45, 2.75) is 6.54 Å². The van der Waals surface area contributed by atoms with Gasteiger partial charge in [0.2, 0.25) is 0 Å². The van der Waals surface area contributed by atoms with Crippen LogP contribution in [0.1, 0.15) is 5.56 Å². The van der Waals surface area contributed by atoms with Crippen LogP contribution in [0.25, 0.3) is 0 Å². The second kappa shape index (κ2) is 8.73. The topological polar surface area (TPSA) is 99.3 Å². The molecular weight excluding hydrogens is 407 g/mol. The van der Waals surface area contributed by atoms with Crippen LogP contribution in [0.5, 0.6) is 5.75 Å². The van der Waals surface area contributed by atoms with Crippen LogP contribution in [0.2, 0.25) is 10.0 Å². The van der Waals surface area contributed by atoms with Gasteiger partial charge in [0.1, 0.15) is 11.6 Å². The Labute approximate surface area is 169 Å². The highest BCUT2D eigenvalue weighted by atomic mass is 35.5. The number of rotatable bonds is 7. The van der Waals surface area contributed by atoms with Crippen molar-refractivity contribution in [3.8, 4) is 5.75 Å². The molecule has 0 aliphatic heterocycles. The second-order valence-corrected chi connectivity index (χ2v) is 6.54. The number of amides is 1. The van der Waals surface area contributed by atoms with Crippen LogP contribution in [0, 0.1) is 10.1 Å². The largest absolute Gasteiger partial charge is 0.484 e. The van der Waals surface area contributed by atoms with E-state index in [1.165, 1.54) is 24.3 Å². The van der Waals surface area contributed by atoms with Crippen LogP contribution in [-0.4, -0.2) is 27.2 Å². The Morgan fingerprint density at radius 3 is 2.61 bits per heavy atom. The number of non-ortho nitro benzene ring substituents is 1. The number of carbonyl (C=O) groups is 1. The van der Waals surface area contributed by atoms with Gasteiger partial charge in [0.25, 0.3) is 11.6 Å². The molecule has 0 atom stereocenters. The van der Waals surface area contributed by atoms with E-state index in [0.29, 0.717) is 28.2 Å². The molecular formula is C18H14Cl2N4O4. The molecule has 10 heteroatoms. The van der Waals surface area contributed by atoms with Gasteiger partial charge in [-0.1, -0.05) is 29.3 Å². The van der Waals surface area contributed by atoms with Crippen molar-refractivity contribution in [2.75, 3.05) is 11.9 Å². The van der Waals surface area contributed by atoms with Crippen molar-refractivity contribution in [3.63, 3.8) is 0 Å². The Bertz CT molecular complexity index is 1010. The molecule has 0 aliphatic rings. The van der Waals surface area contributed by atoms with Crippen LogP contribution >= 0.6 is 23.2 Å². The third-order valence-electron chi connectivity index (χ3n) is 3.74. The molecule has 0 saturated carbocycles. The molecule has 3 aromatic rings. The highest BCUT2D eigenvalue weighted by Crippen LogP contribution is 2.23. The molecule has 0 radical (unpaired) electrons. The standard InChI is InChI=1S/C18H14Cl2N4O4/c19-13-2-1-12(16(20)9-13)10-23-17(7-8-21-23)22-18(25)11-28-15-5-3-14(4-6-15)24(26)27/h1-9H,10-11H2,(H,22,25). The lowest BCUT2D eigenvalue weighted by Crippen LogP contribution is -2.22. The minimum absolute atomic E-state index is 0.0541. The zero-order valence-electron chi connectivity index (χ0n) is 14.3. The summed E-state index contributed by atoms with van der Waals surface area (Å²) in [6.45, 7) is 0.0898. The maximum Gasteiger partial charge on any atom is 0.269 e. The van der Waals surface area contributed by atoms with Gasteiger partial charge in [-0.15, -0.1) is 0 Å². The summed E-state index contributed by atoms with van der Waals surface area (Å²) in [5.41, 5.74) is 0.744. The van der Waals surface area contributed by atoms with E-state index in [2.05, 4.69) is 10.4 Å². The maximum absolute atomic E-state index is 12.1. The molecule has 1 heterocycles. The number of ether oxygens (including phenoxy) is 1. The Kier molecular flexibility index (Phi) is 6.13. The summed E-state index contributed by atoms with van der Waals surface area (Å²) in [5.74, 6) is 0.424. The normalized spacial score (nSPS) is 10.5. The lowest BCUT2D eigenvalue weighted by Gasteiger charge is -2.11. The number of nitrogens with zero attached hydrogens (tertiary/aromatic N) is 3. The first-order valence-corrected chi connectivity index (χ1v) is 8.81. The molecule has 1 aromatic heterocycles. The Balaban J connectivity index is 1.59. The summed E-state index contributed by atoms with van der Waals surface area (Å²) >= 11 is 12.1. The monoisotopic (exact) mass is 420 g/mol. The molecule has 0 spiro atoms. The van der Waals surface area contributed by atoms with Crippen molar-refractivity contribution in [1.29, 1.82) is 0 Å². The lowest BCUT2D eigenvalue weighted by molar-refractivity contribution is -0.384. The summed E-state index contributed by atoms with van der Waals surface area (Å²) in [6.07, 6.45) is 1.55. The molecule has 8 nitrogen and oxygen atoms in total. The number of aromatic nitrogens is 2. The molecule has 0 unspecified atom stereocenters. The van der Waals surface area contributed by atoms with Gasteiger partial charge in [0.15, 0.2) is 6.61 Å². The fourth-order valence-corrected chi connectivity index (χ4v) is 2.84. The van der Waals surface area contributed by atoms with Crippen LogP contribution in [0.15, 0.2) is 54.7 Å². The minimum Gasteiger partial charge on any atom is -0.484 e. The van der Waals surface area contributed by atoms with Crippen molar-refractivity contribution in [1.82, 2.24) is 9.78 Å². The summed E-state index contributed by atoms with van der Waals surface area (Å²) in [6, 6.07) is 12.3. The molecule has 3 rings (SSSR count). The quantitative estimate of drug-likeness (QED) is 0.456. The van der Waals surface area contributed by atoms with E-state index < -0.39 is 10.8 Å². The van der Waals surface area contributed by atoms with Gasteiger partial charge in [0, 0.05) is 28.2 Å². The number of nitro groups is 1. The first kappa shape index (κ1) is 19.7. The average molecular weight is 421 g/mol. The molecule has 28 heavy (non-hydrogen) atoms. The fraction of sp³-hybridized carbons (Fsp3) is 0.111. The van der Waals surface area contributed by atoms with E-state index in [0.717, 1.165) is 5.56 Å². The molecule has 0 saturated heterocycles. The Morgan fingerprint density at radius 2 is 1.93 bits per heavy atom. The van der Waals surface area contributed by atoms with Crippen molar-refractivity contribution in [3.05, 3.63) is 80.5 Å². The van der Waals surface area contributed by atoms with Crippen molar-refractivity contribution in [2.24, 2.45) is 0 Å².